The quantitative estimate of drug-likeness (QED) is 0.898. The number of nitriles is 1. The van der Waals surface area contributed by atoms with E-state index in [-0.39, 0.29) is 11.8 Å². The molecule has 0 aliphatic heterocycles. The number of rotatable bonds is 5. The summed E-state index contributed by atoms with van der Waals surface area (Å²) in [5.74, 6) is 0.368. The van der Waals surface area contributed by atoms with Crippen LogP contribution in [0.25, 0.3) is 0 Å². The fourth-order valence-corrected chi connectivity index (χ4v) is 1.53. The van der Waals surface area contributed by atoms with Crippen LogP contribution >= 0.6 is 0 Å². The minimum Gasteiger partial charge on any atom is -0.481 e. The largest absolute Gasteiger partial charge is 0.481 e. The molecule has 108 valence electrons. The molecule has 2 atom stereocenters. The van der Waals surface area contributed by atoms with Gasteiger partial charge in [-0.05, 0) is 38.8 Å². The molecule has 1 aromatic rings. The fraction of sp³-hybridized carbons (Fsp3) is 0.500. The lowest BCUT2D eigenvalue weighted by atomic mass is 9.90. The highest BCUT2D eigenvalue weighted by Crippen LogP contribution is 2.17. The topological polar surface area (TPSA) is 62.1 Å². The minimum atomic E-state index is -0.887. The number of benzene rings is 1. The first-order chi connectivity index (χ1) is 9.28. The van der Waals surface area contributed by atoms with E-state index in [1.54, 1.807) is 13.8 Å². The molecule has 4 heteroatoms. The Kier molecular flexibility index (Phi) is 5.15. The van der Waals surface area contributed by atoms with E-state index in [1.165, 1.54) is 0 Å². The molecule has 1 amide bonds. The SMILES string of the molecule is Cc1ccc(O[C@H](C)C(=O)N[C@](C)(C#N)C(C)C)cc1. The Morgan fingerprint density at radius 2 is 1.85 bits per heavy atom. The van der Waals surface area contributed by atoms with Crippen molar-refractivity contribution in [1.82, 2.24) is 5.32 Å². The molecular weight excluding hydrogens is 252 g/mol. The number of ether oxygens (including phenoxy) is 1. The van der Waals surface area contributed by atoms with Crippen LogP contribution in [0.5, 0.6) is 5.75 Å². The van der Waals surface area contributed by atoms with Gasteiger partial charge in [0.25, 0.3) is 5.91 Å². The summed E-state index contributed by atoms with van der Waals surface area (Å²) < 4.78 is 5.58. The third kappa shape index (κ3) is 3.99. The Bertz CT molecular complexity index is 502. The van der Waals surface area contributed by atoms with Gasteiger partial charge in [-0.15, -0.1) is 0 Å². The highest BCUT2D eigenvalue weighted by atomic mass is 16.5. The maximum absolute atomic E-state index is 12.1. The average Bonchev–Trinajstić information content (AvgIpc) is 2.40. The predicted molar refractivity (Wildman–Crippen MR) is 78.3 cm³/mol. The second-order valence-corrected chi connectivity index (χ2v) is 5.53. The molecule has 1 aromatic carbocycles. The van der Waals surface area contributed by atoms with E-state index >= 15 is 0 Å². The summed E-state index contributed by atoms with van der Waals surface area (Å²) >= 11 is 0. The zero-order valence-electron chi connectivity index (χ0n) is 12.7. The summed E-state index contributed by atoms with van der Waals surface area (Å²) in [6.07, 6.45) is -0.649. The monoisotopic (exact) mass is 274 g/mol. The van der Waals surface area contributed by atoms with Crippen LogP contribution in [0.2, 0.25) is 0 Å². The van der Waals surface area contributed by atoms with Gasteiger partial charge >= 0.3 is 0 Å². The molecule has 0 radical (unpaired) electrons. The predicted octanol–water partition coefficient (Wildman–Crippen LogP) is 2.82. The average molecular weight is 274 g/mol. The lowest BCUT2D eigenvalue weighted by Gasteiger charge is -2.28. The fourth-order valence-electron chi connectivity index (χ4n) is 1.53. The lowest BCUT2D eigenvalue weighted by Crippen LogP contribution is -2.52. The van der Waals surface area contributed by atoms with Crippen LogP contribution in [0.1, 0.15) is 33.3 Å². The third-order valence-corrected chi connectivity index (χ3v) is 3.47. The second kappa shape index (κ2) is 6.42. The summed E-state index contributed by atoms with van der Waals surface area (Å²) in [5, 5.41) is 11.9. The van der Waals surface area contributed by atoms with Crippen LogP contribution in [-0.4, -0.2) is 17.6 Å². The second-order valence-electron chi connectivity index (χ2n) is 5.53. The summed E-state index contributed by atoms with van der Waals surface area (Å²) in [5.41, 5.74) is 0.244. The maximum atomic E-state index is 12.1. The number of carbonyl (C=O) groups excluding carboxylic acids is 1. The van der Waals surface area contributed by atoms with E-state index in [4.69, 9.17) is 4.74 Å². The van der Waals surface area contributed by atoms with Gasteiger partial charge in [-0.25, -0.2) is 0 Å². The van der Waals surface area contributed by atoms with Gasteiger partial charge < -0.3 is 10.1 Å². The van der Waals surface area contributed by atoms with Gasteiger partial charge in [-0.1, -0.05) is 31.5 Å². The molecular formula is C16H22N2O2. The number of aryl methyl sites for hydroxylation is 1. The van der Waals surface area contributed by atoms with E-state index in [2.05, 4.69) is 11.4 Å². The molecule has 0 heterocycles. The zero-order valence-corrected chi connectivity index (χ0v) is 12.7. The van der Waals surface area contributed by atoms with Gasteiger partial charge in [-0.3, -0.25) is 4.79 Å². The zero-order chi connectivity index (χ0) is 15.3. The third-order valence-electron chi connectivity index (χ3n) is 3.47. The van der Waals surface area contributed by atoms with Crippen molar-refractivity contribution in [3.8, 4) is 11.8 Å². The van der Waals surface area contributed by atoms with Crippen molar-refractivity contribution in [1.29, 1.82) is 5.26 Å². The van der Waals surface area contributed by atoms with Gasteiger partial charge in [0.1, 0.15) is 11.3 Å². The molecule has 0 unspecified atom stereocenters. The van der Waals surface area contributed by atoms with Gasteiger partial charge in [-0.2, -0.15) is 5.26 Å². The molecule has 0 spiro atoms. The lowest BCUT2D eigenvalue weighted by molar-refractivity contribution is -0.128. The number of hydrogen-bond acceptors (Lipinski definition) is 3. The highest BCUT2D eigenvalue weighted by Gasteiger charge is 2.32. The van der Waals surface area contributed by atoms with Crippen LogP contribution in [0.3, 0.4) is 0 Å². The maximum Gasteiger partial charge on any atom is 0.262 e. The number of nitrogens with one attached hydrogen (secondary N) is 1. The van der Waals surface area contributed by atoms with E-state index in [0.29, 0.717) is 5.75 Å². The molecule has 0 saturated carbocycles. The van der Waals surface area contributed by atoms with E-state index in [1.807, 2.05) is 45.0 Å². The van der Waals surface area contributed by atoms with Gasteiger partial charge in [0, 0.05) is 0 Å². The van der Waals surface area contributed by atoms with Crippen LogP contribution in [-0.2, 0) is 4.79 Å². The molecule has 1 N–H and O–H groups in total. The summed E-state index contributed by atoms with van der Waals surface area (Å²) in [4.78, 5) is 12.1. The van der Waals surface area contributed by atoms with Crippen molar-refractivity contribution in [3.05, 3.63) is 29.8 Å². The molecule has 0 aromatic heterocycles. The van der Waals surface area contributed by atoms with Crippen molar-refractivity contribution in [3.63, 3.8) is 0 Å². The summed E-state index contributed by atoms with van der Waals surface area (Å²) in [6.45, 7) is 9.17. The summed E-state index contributed by atoms with van der Waals surface area (Å²) in [6, 6.07) is 9.64. The van der Waals surface area contributed by atoms with Crippen LogP contribution < -0.4 is 10.1 Å². The molecule has 4 nitrogen and oxygen atoms in total. The molecule has 0 aliphatic carbocycles. The Hall–Kier alpha value is -2.02. The first-order valence-corrected chi connectivity index (χ1v) is 6.75. The van der Waals surface area contributed by atoms with Crippen LogP contribution in [0, 0.1) is 24.2 Å². The number of hydrogen-bond donors (Lipinski definition) is 1. The van der Waals surface area contributed by atoms with Crippen molar-refractivity contribution >= 4 is 5.91 Å². The first kappa shape index (κ1) is 16.0. The first-order valence-electron chi connectivity index (χ1n) is 6.75. The molecule has 0 saturated heterocycles. The molecule has 20 heavy (non-hydrogen) atoms. The molecule has 0 bridgehead atoms. The van der Waals surface area contributed by atoms with E-state index < -0.39 is 11.6 Å². The number of carbonyl (C=O) groups is 1. The Morgan fingerprint density at radius 3 is 2.30 bits per heavy atom. The normalized spacial score (nSPS) is 15.1. The van der Waals surface area contributed by atoms with Crippen molar-refractivity contribution in [2.45, 2.75) is 46.3 Å². The van der Waals surface area contributed by atoms with E-state index in [9.17, 15) is 10.1 Å². The molecule has 0 aliphatic rings. The number of nitrogens with zero attached hydrogens (tertiary/aromatic N) is 1. The van der Waals surface area contributed by atoms with Crippen LogP contribution in [0.15, 0.2) is 24.3 Å². The minimum absolute atomic E-state index is 0.0167. The summed E-state index contributed by atoms with van der Waals surface area (Å²) in [7, 11) is 0. The van der Waals surface area contributed by atoms with Crippen molar-refractivity contribution < 1.29 is 9.53 Å². The van der Waals surface area contributed by atoms with Crippen LogP contribution in [0.4, 0.5) is 0 Å². The van der Waals surface area contributed by atoms with Crippen molar-refractivity contribution in [2.75, 3.05) is 0 Å². The number of amides is 1. The molecule has 1 rings (SSSR count). The van der Waals surface area contributed by atoms with Gasteiger partial charge in [0.2, 0.25) is 0 Å². The van der Waals surface area contributed by atoms with Crippen molar-refractivity contribution in [2.24, 2.45) is 5.92 Å². The molecule has 0 fully saturated rings. The standard InChI is InChI=1S/C16H22N2O2/c1-11(2)16(5,10-17)18-15(19)13(4)20-14-8-6-12(3)7-9-14/h6-9,11,13H,1-5H3,(H,18,19)/t13-,16-/m1/s1. The van der Waals surface area contributed by atoms with Gasteiger partial charge in [0.05, 0.1) is 6.07 Å². The Balaban J connectivity index is 2.68. The van der Waals surface area contributed by atoms with E-state index in [0.717, 1.165) is 5.56 Å². The smallest absolute Gasteiger partial charge is 0.262 e. The Morgan fingerprint density at radius 1 is 1.30 bits per heavy atom. The van der Waals surface area contributed by atoms with Gasteiger partial charge in [0.15, 0.2) is 6.10 Å². The highest BCUT2D eigenvalue weighted by molar-refractivity contribution is 5.81. The Labute approximate surface area is 120 Å².